The summed E-state index contributed by atoms with van der Waals surface area (Å²) in [6.07, 6.45) is 5.50. The van der Waals surface area contributed by atoms with Gasteiger partial charge in [-0.2, -0.15) is 0 Å². The van der Waals surface area contributed by atoms with E-state index in [2.05, 4.69) is 63.5 Å². The number of nitrogens with one attached hydrogen (secondary N) is 1. The molecule has 1 fully saturated rings. The molecule has 1 heteroatoms. The van der Waals surface area contributed by atoms with Crippen LogP contribution < -0.4 is 5.32 Å². The van der Waals surface area contributed by atoms with Crippen LogP contribution in [0.4, 0.5) is 0 Å². The van der Waals surface area contributed by atoms with Gasteiger partial charge in [-0.05, 0) is 55.5 Å². The van der Waals surface area contributed by atoms with E-state index in [1.807, 2.05) is 0 Å². The lowest BCUT2D eigenvalue weighted by molar-refractivity contribution is 0.134. The Balaban J connectivity index is 2.00. The summed E-state index contributed by atoms with van der Waals surface area (Å²) in [5.74, 6) is 1.70. The zero-order valence-electron chi connectivity index (χ0n) is 12.9. The number of benzene rings is 1. The molecule has 1 aromatic carbocycles. The van der Waals surface area contributed by atoms with Crippen molar-refractivity contribution in [2.75, 3.05) is 7.05 Å². The number of hydrogen-bond donors (Lipinski definition) is 1. The van der Waals surface area contributed by atoms with Crippen molar-refractivity contribution in [2.24, 2.45) is 17.3 Å². The third-order valence-corrected chi connectivity index (χ3v) is 4.94. The summed E-state index contributed by atoms with van der Waals surface area (Å²) in [6, 6.07) is 11.5. The maximum atomic E-state index is 3.54. The third-order valence-electron chi connectivity index (χ3n) is 4.94. The molecule has 1 unspecified atom stereocenters. The summed E-state index contributed by atoms with van der Waals surface area (Å²) in [7, 11) is 2.10. The van der Waals surface area contributed by atoms with Crippen LogP contribution in [0, 0.1) is 17.3 Å². The molecule has 0 heterocycles. The van der Waals surface area contributed by atoms with Crippen LogP contribution in [0.2, 0.25) is 0 Å². The Bertz CT molecular complexity index is 368. The highest BCUT2D eigenvalue weighted by atomic mass is 14.9. The standard InChI is InChI=1S/C18H29N/c1-18(2,3)16-12-10-15(11-13-16)17(19-4)14-8-6-5-7-9-14/h5-9,15-17,19H,10-13H2,1-4H3. The van der Waals surface area contributed by atoms with Crippen LogP contribution in [0.3, 0.4) is 0 Å². The van der Waals surface area contributed by atoms with Gasteiger partial charge in [0.25, 0.3) is 0 Å². The molecule has 1 saturated carbocycles. The lowest BCUT2D eigenvalue weighted by Gasteiger charge is -2.39. The Kier molecular flexibility index (Phi) is 4.67. The van der Waals surface area contributed by atoms with Gasteiger partial charge in [0.15, 0.2) is 0 Å². The summed E-state index contributed by atoms with van der Waals surface area (Å²) < 4.78 is 0. The Hall–Kier alpha value is -0.820. The minimum absolute atomic E-state index is 0.479. The van der Waals surface area contributed by atoms with Crippen LogP contribution in [0.1, 0.15) is 58.1 Å². The largest absolute Gasteiger partial charge is 0.313 e. The average Bonchev–Trinajstić information content (AvgIpc) is 2.40. The first-order chi connectivity index (χ1) is 9.02. The molecule has 1 aliphatic carbocycles. The van der Waals surface area contributed by atoms with Crippen LogP contribution in [-0.2, 0) is 0 Å². The molecule has 0 aliphatic heterocycles. The van der Waals surface area contributed by atoms with Gasteiger partial charge in [0.2, 0.25) is 0 Å². The summed E-state index contributed by atoms with van der Waals surface area (Å²) in [5.41, 5.74) is 1.93. The van der Waals surface area contributed by atoms with E-state index in [1.54, 1.807) is 0 Å². The van der Waals surface area contributed by atoms with Gasteiger partial charge in [-0.1, -0.05) is 51.1 Å². The molecule has 19 heavy (non-hydrogen) atoms. The summed E-state index contributed by atoms with van der Waals surface area (Å²) in [5, 5.41) is 3.54. The van der Waals surface area contributed by atoms with Crippen molar-refractivity contribution in [1.82, 2.24) is 5.32 Å². The highest BCUT2D eigenvalue weighted by Gasteiger charge is 2.32. The normalized spacial score (nSPS) is 26.1. The van der Waals surface area contributed by atoms with Gasteiger partial charge < -0.3 is 5.32 Å². The fourth-order valence-electron chi connectivity index (χ4n) is 3.65. The SMILES string of the molecule is CNC(c1ccccc1)C1CCC(C(C)(C)C)CC1. The van der Waals surface area contributed by atoms with Gasteiger partial charge in [-0.3, -0.25) is 0 Å². The highest BCUT2D eigenvalue weighted by Crippen LogP contribution is 2.43. The second-order valence-corrected chi connectivity index (χ2v) is 7.15. The lowest BCUT2D eigenvalue weighted by atomic mass is 9.68. The van der Waals surface area contributed by atoms with Gasteiger partial charge in [-0.25, -0.2) is 0 Å². The summed E-state index contributed by atoms with van der Waals surface area (Å²) >= 11 is 0. The molecule has 1 aromatic rings. The molecule has 1 N–H and O–H groups in total. The van der Waals surface area contributed by atoms with E-state index in [9.17, 15) is 0 Å². The van der Waals surface area contributed by atoms with Crippen molar-refractivity contribution in [3.8, 4) is 0 Å². The van der Waals surface area contributed by atoms with Gasteiger partial charge in [0.1, 0.15) is 0 Å². The van der Waals surface area contributed by atoms with E-state index >= 15 is 0 Å². The Morgan fingerprint density at radius 2 is 1.58 bits per heavy atom. The average molecular weight is 259 g/mol. The summed E-state index contributed by atoms with van der Waals surface area (Å²) in [6.45, 7) is 7.18. The minimum Gasteiger partial charge on any atom is -0.313 e. The van der Waals surface area contributed by atoms with Crippen molar-refractivity contribution in [1.29, 1.82) is 0 Å². The molecule has 0 bridgehead atoms. The maximum absolute atomic E-state index is 3.54. The zero-order valence-corrected chi connectivity index (χ0v) is 12.9. The lowest BCUT2D eigenvalue weighted by Crippen LogP contribution is -2.32. The monoisotopic (exact) mass is 259 g/mol. The molecule has 106 valence electrons. The highest BCUT2D eigenvalue weighted by molar-refractivity contribution is 5.19. The Morgan fingerprint density at radius 1 is 1.00 bits per heavy atom. The van der Waals surface area contributed by atoms with E-state index in [4.69, 9.17) is 0 Å². The quantitative estimate of drug-likeness (QED) is 0.822. The van der Waals surface area contributed by atoms with Crippen LogP contribution in [0.15, 0.2) is 30.3 Å². The van der Waals surface area contributed by atoms with Crippen molar-refractivity contribution in [3.63, 3.8) is 0 Å². The van der Waals surface area contributed by atoms with Gasteiger partial charge >= 0.3 is 0 Å². The second-order valence-electron chi connectivity index (χ2n) is 7.15. The van der Waals surface area contributed by atoms with E-state index in [0.717, 1.165) is 11.8 Å². The number of hydrogen-bond acceptors (Lipinski definition) is 1. The van der Waals surface area contributed by atoms with Crippen LogP contribution >= 0.6 is 0 Å². The maximum Gasteiger partial charge on any atom is 0.0346 e. The van der Waals surface area contributed by atoms with Gasteiger partial charge in [0.05, 0.1) is 0 Å². The Morgan fingerprint density at radius 3 is 2.05 bits per heavy atom. The van der Waals surface area contributed by atoms with Gasteiger partial charge in [-0.15, -0.1) is 0 Å². The molecule has 0 saturated heterocycles. The number of rotatable bonds is 3. The molecule has 1 aliphatic rings. The van der Waals surface area contributed by atoms with E-state index in [1.165, 1.54) is 31.2 Å². The van der Waals surface area contributed by atoms with Crippen molar-refractivity contribution >= 4 is 0 Å². The van der Waals surface area contributed by atoms with Crippen LogP contribution in [0.25, 0.3) is 0 Å². The van der Waals surface area contributed by atoms with E-state index < -0.39 is 0 Å². The smallest absolute Gasteiger partial charge is 0.0346 e. The molecular weight excluding hydrogens is 230 g/mol. The van der Waals surface area contributed by atoms with Gasteiger partial charge in [0, 0.05) is 6.04 Å². The summed E-state index contributed by atoms with van der Waals surface area (Å²) in [4.78, 5) is 0. The Labute approximate surface area is 118 Å². The second kappa shape index (κ2) is 6.09. The van der Waals surface area contributed by atoms with Crippen molar-refractivity contribution in [3.05, 3.63) is 35.9 Å². The van der Waals surface area contributed by atoms with Crippen LogP contribution in [0.5, 0.6) is 0 Å². The molecule has 1 nitrogen and oxygen atoms in total. The molecule has 0 amide bonds. The van der Waals surface area contributed by atoms with Crippen molar-refractivity contribution < 1.29 is 0 Å². The van der Waals surface area contributed by atoms with Crippen LogP contribution in [-0.4, -0.2) is 7.05 Å². The fourth-order valence-corrected chi connectivity index (χ4v) is 3.65. The molecule has 0 aromatic heterocycles. The predicted octanol–water partition coefficient (Wildman–Crippen LogP) is 4.80. The zero-order chi connectivity index (χ0) is 13.9. The molecule has 0 radical (unpaired) electrons. The minimum atomic E-state index is 0.479. The predicted molar refractivity (Wildman–Crippen MR) is 83.1 cm³/mol. The first-order valence-corrected chi connectivity index (χ1v) is 7.74. The fraction of sp³-hybridized carbons (Fsp3) is 0.667. The molecule has 2 rings (SSSR count). The molecule has 1 atom stereocenters. The van der Waals surface area contributed by atoms with E-state index in [0.29, 0.717) is 11.5 Å². The van der Waals surface area contributed by atoms with E-state index in [-0.39, 0.29) is 0 Å². The molecular formula is C18H29N. The van der Waals surface area contributed by atoms with Crippen molar-refractivity contribution in [2.45, 2.75) is 52.5 Å². The topological polar surface area (TPSA) is 12.0 Å². The third kappa shape index (κ3) is 3.60. The molecule has 0 spiro atoms. The first-order valence-electron chi connectivity index (χ1n) is 7.74. The first kappa shape index (κ1) is 14.6.